The van der Waals surface area contributed by atoms with E-state index in [1.807, 2.05) is 6.20 Å². The van der Waals surface area contributed by atoms with Gasteiger partial charge < -0.3 is 10.0 Å². The Morgan fingerprint density at radius 2 is 1.76 bits per heavy atom. The van der Waals surface area contributed by atoms with E-state index in [1.165, 1.54) is 46.5 Å². The number of hydrogen-bond acceptors (Lipinski definition) is 5. The molecule has 34 heavy (non-hydrogen) atoms. The number of phenolic OH excluding ortho intramolecular Hbond substituents is 1. The number of hydrogen-bond donors (Lipinski definition) is 1. The summed E-state index contributed by atoms with van der Waals surface area (Å²) < 4.78 is 25.6. The smallest absolute Gasteiger partial charge is 0.181 e. The lowest BCUT2D eigenvalue weighted by atomic mass is 9.86. The highest BCUT2D eigenvalue weighted by Gasteiger charge is 2.29. The molecule has 3 aromatic carbocycles. The van der Waals surface area contributed by atoms with Crippen LogP contribution >= 0.6 is 11.3 Å². The minimum absolute atomic E-state index is 0.0469. The average Bonchev–Trinajstić information content (AvgIpc) is 3.39. The van der Waals surface area contributed by atoms with Crippen LogP contribution in [0.5, 0.6) is 5.75 Å². The summed E-state index contributed by atoms with van der Waals surface area (Å²) in [6, 6.07) is 22.9. The van der Waals surface area contributed by atoms with Crippen LogP contribution in [-0.4, -0.2) is 19.3 Å². The third kappa shape index (κ3) is 4.15. The second kappa shape index (κ2) is 9.12. The van der Waals surface area contributed by atoms with Crippen molar-refractivity contribution in [1.82, 2.24) is 0 Å². The summed E-state index contributed by atoms with van der Waals surface area (Å²) in [5.74, 6) is -0.0695. The molecule has 1 N–H and O–H groups in total. The molecule has 0 saturated heterocycles. The van der Waals surface area contributed by atoms with Crippen LogP contribution in [-0.2, 0) is 9.84 Å². The van der Waals surface area contributed by atoms with Crippen molar-refractivity contribution in [2.24, 2.45) is 0 Å². The van der Waals surface area contributed by atoms with E-state index in [2.05, 4.69) is 71.1 Å². The van der Waals surface area contributed by atoms with Crippen molar-refractivity contribution in [3.63, 3.8) is 0 Å². The summed E-state index contributed by atoms with van der Waals surface area (Å²) in [4.78, 5) is 2.40. The van der Waals surface area contributed by atoms with Gasteiger partial charge in [0.25, 0.3) is 0 Å². The number of thiophene rings is 1. The van der Waals surface area contributed by atoms with Crippen LogP contribution in [0, 0.1) is 0 Å². The number of nitrogens with zero attached hydrogens (tertiary/aromatic N) is 1. The molecular formula is C28H25NO3S2. The zero-order valence-electron chi connectivity index (χ0n) is 18.8. The molecule has 0 amide bonds. The highest BCUT2D eigenvalue weighted by molar-refractivity contribution is 7.91. The highest BCUT2D eigenvalue weighted by atomic mass is 32.2. The van der Waals surface area contributed by atoms with E-state index < -0.39 is 9.84 Å². The van der Waals surface area contributed by atoms with Gasteiger partial charge in [-0.3, -0.25) is 0 Å². The maximum absolute atomic E-state index is 12.8. The molecule has 0 fully saturated rings. The van der Waals surface area contributed by atoms with Crippen molar-refractivity contribution >= 4 is 26.9 Å². The molecule has 2 heterocycles. The predicted octanol–water partition coefficient (Wildman–Crippen LogP) is 7.05. The highest BCUT2D eigenvalue weighted by Crippen LogP contribution is 2.47. The summed E-state index contributed by atoms with van der Waals surface area (Å²) in [7, 11) is -3.50. The SMILES string of the molecule is CCC1c2ccccc2-c2cc(-c3ccsc3)ccc2N1C=CCS(=O)(=O)c1ccc(O)cc1. The van der Waals surface area contributed by atoms with Crippen molar-refractivity contribution < 1.29 is 13.5 Å². The second-order valence-corrected chi connectivity index (χ2v) is 11.1. The molecule has 6 heteroatoms. The quantitative estimate of drug-likeness (QED) is 0.317. The minimum Gasteiger partial charge on any atom is -0.508 e. The molecule has 1 unspecified atom stereocenters. The Bertz CT molecular complexity index is 1440. The van der Waals surface area contributed by atoms with Gasteiger partial charge in [0.05, 0.1) is 16.7 Å². The first kappa shape index (κ1) is 22.4. The first-order chi connectivity index (χ1) is 16.5. The Morgan fingerprint density at radius 1 is 0.971 bits per heavy atom. The number of phenols is 1. The molecule has 0 aliphatic carbocycles. The summed E-state index contributed by atoms with van der Waals surface area (Å²) >= 11 is 1.68. The van der Waals surface area contributed by atoms with Gasteiger partial charge in [0.2, 0.25) is 0 Å². The lowest BCUT2D eigenvalue weighted by Gasteiger charge is -2.38. The Labute approximate surface area is 204 Å². The fourth-order valence-electron chi connectivity index (χ4n) is 4.57. The third-order valence-electron chi connectivity index (χ3n) is 6.24. The number of aromatic hydroxyl groups is 1. The molecule has 0 radical (unpaired) electrons. The summed E-state index contributed by atoms with van der Waals surface area (Å²) in [5, 5.41) is 13.7. The normalized spacial score (nSPS) is 15.3. The Morgan fingerprint density at radius 3 is 2.50 bits per heavy atom. The number of sulfone groups is 1. The topological polar surface area (TPSA) is 57.6 Å². The molecule has 1 aromatic heterocycles. The van der Waals surface area contributed by atoms with Crippen LogP contribution in [0.3, 0.4) is 0 Å². The third-order valence-corrected chi connectivity index (χ3v) is 8.54. The van der Waals surface area contributed by atoms with Crippen molar-refractivity contribution in [2.75, 3.05) is 10.7 Å². The fraction of sp³-hybridized carbons (Fsp3) is 0.143. The molecule has 1 aliphatic rings. The first-order valence-corrected chi connectivity index (χ1v) is 13.8. The summed E-state index contributed by atoms with van der Waals surface area (Å²) in [6.45, 7) is 2.15. The predicted molar refractivity (Wildman–Crippen MR) is 140 cm³/mol. The van der Waals surface area contributed by atoms with E-state index in [0.717, 1.165) is 17.7 Å². The van der Waals surface area contributed by atoms with Crippen molar-refractivity contribution in [3.05, 3.63) is 101 Å². The van der Waals surface area contributed by atoms with Crippen molar-refractivity contribution in [3.8, 4) is 28.0 Å². The molecule has 5 rings (SSSR count). The van der Waals surface area contributed by atoms with E-state index in [0.29, 0.717) is 0 Å². The van der Waals surface area contributed by atoms with Gasteiger partial charge >= 0.3 is 0 Å². The largest absolute Gasteiger partial charge is 0.508 e. The van der Waals surface area contributed by atoms with Gasteiger partial charge in [0, 0.05) is 17.5 Å². The molecule has 4 nitrogen and oxygen atoms in total. The number of benzene rings is 3. The lowest BCUT2D eigenvalue weighted by Crippen LogP contribution is -2.27. The van der Waals surface area contributed by atoms with Crippen molar-refractivity contribution in [1.29, 1.82) is 0 Å². The van der Waals surface area contributed by atoms with E-state index in [9.17, 15) is 13.5 Å². The average molecular weight is 488 g/mol. The van der Waals surface area contributed by atoms with Gasteiger partial charge in [-0.15, -0.1) is 0 Å². The van der Waals surface area contributed by atoms with Crippen LogP contribution in [0.25, 0.3) is 22.3 Å². The number of anilines is 1. The zero-order valence-corrected chi connectivity index (χ0v) is 20.4. The second-order valence-electron chi connectivity index (χ2n) is 8.32. The molecular weight excluding hydrogens is 462 g/mol. The monoisotopic (exact) mass is 487 g/mol. The van der Waals surface area contributed by atoms with E-state index in [4.69, 9.17) is 0 Å². The van der Waals surface area contributed by atoms with E-state index >= 15 is 0 Å². The Balaban J connectivity index is 1.53. The molecule has 172 valence electrons. The van der Waals surface area contributed by atoms with Gasteiger partial charge in [0.15, 0.2) is 9.84 Å². The minimum atomic E-state index is -3.50. The zero-order chi connectivity index (χ0) is 23.7. The van der Waals surface area contributed by atoms with Crippen molar-refractivity contribution in [2.45, 2.75) is 24.3 Å². The molecule has 0 saturated carbocycles. The molecule has 0 spiro atoms. The van der Waals surface area contributed by atoms with Crippen LogP contribution in [0.2, 0.25) is 0 Å². The van der Waals surface area contributed by atoms with Crippen LogP contribution < -0.4 is 4.90 Å². The molecule has 4 aromatic rings. The van der Waals surface area contributed by atoms with Gasteiger partial charge in [-0.05, 0) is 81.9 Å². The maximum Gasteiger partial charge on any atom is 0.181 e. The van der Waals surface area contributed by atoms with Gasteiger partial charge in [-0.1, -0.05) is 43.3 Å². The Kier molecular flexibility index (Phi) is 6.02. The van der Waals surface area contributed by atoms with Gasteiger partial charge in [-0.2, -0.15) is 11.3 Å². The molecule has 1 aliphatic heterocycles. The summed E-state index contributed by atoms with van der Waals surface area (Å²) in [5.41, 5.74) is 7.06. The lowest BCUT2D eigenvalue weighted by molar-refractivity contribution is 0.475. The molecule has 0 bridgehead atoms. The van der Waals surface area contributed by atoms with E-state index in [-0.39, 0.29) is 22.4 Å². The maximum atomic E-state index is 12.8. The standard InChI is InChI=1S/C28H25NO3S2/c1-2-27-25-7-4-3-6-24(25)26-18-20(21-14-16-33-19-21)8-13-28(26)29(27)15-5-17-34(31,32)23-11-9-22(30)10-12-23/h3-16,18-19,27,30H,2,17H2,1H3. The van der Waals surface area contributed by atoms with Gasteiger partial charge in [-0.25, -0.2) is 8.42 Å². The number of fused-ring (bicyclic) bond motifs is 3. The van der Waals surface area contributed by atoms with E-state index in [1.54, 1.807) is 17.4 Å². The summed E-state index contributed by atoms with van der Waals surface area (Å²) in [6.07, 6.45) is 4.51. The van der Waals surface area contributed by atoms with Crippen LogP contribution in [0.4, 0.5) is 5.69 Å². The van der Waals surface area contributed by atoms with Crippen LogP contribution in [0.1, 0.15) is 24.9 Å². The first-order valence-electron chi connectivity index (χ1n) is 11.2. The van der Waals surface area contributed by atoms with Crippen LogP contribution in [0.15, 0.2) is 101 Å². The Hall–Kier alpha value is -3.35. The number of rotatable bonds is 6. The van der Waals surface area contributed by atoms with Gasteiger partial charge in [0.1, 0.15) is 5.75 Å². The molecule has 1 atom stereocenters. The fourth-order valence-corrected chi connectivity index (χ4v) is 6.32.